The van der Waals surface area contributed by atoms with E-state index in [1.165, 1.54) is 0 Å². The first-order chi connectivity index (χ1) is 7.56. The van der Waals surface area contributed by atoms with Gasteiger partial charge in [0.15, 0.2) is 0 Å². The summed E-state index contributed by atoms with van der Waals surface area (Å²) in [6.45, 7) is 3.90. The van der Waals surface area contributed by atoms with E-state index in [2.05, 4.69) is 11.2 Å². The van der Waals surface area contributed by atoms with E-state index in [-0.39, 0.29) is 6.04 Å². The summed E-state index contributed by atoms with van der Waals surface area (Å²) in [5.41, 5.74) is 8.22. The molecule has 0 radical (unpaired) electrons. The van der Waals surface area contributed by atoms with Crippen LogP contribution in [-0.2, 0) is 13.5 Å². The van der Waals surface area contributed by atoms with Gasteiger partial charge < -0.3 is 10.2 Å². The molecule has 86 valence electrons. The lowest BCUT2D eigenvalue weighted by atomic mass is 10.1. The fraction of sp³-hybridized carbons (Fsp3) is 0.417. The second-order valence-electron chi connectivity index (χ2n) is 4.16. The van der Waals surface area contributed by atoms with Crippen LogP contribution in [0.1, 0.15) is 29.0 Å². The molecule has 2 aromatic rings. The number of aryl methyl sites for hydroxylation is 3. The van der Waals surface area contributed by atoms with Crippen LogP contribution in [-0.4, -0.2) is 9.78 Å². The first-order valence-corrected chi connectivity index (χ1v) is 5.37. The van der Waals surface area contributed by atoms with Gasteiger partial charge in [0.1, 0.15) is 11.5 Å². The largest absolute Gasteiger partial charge is 0.465 e. The molecule has 0 saturated carbocycles. The second kappa shape index (κ2) is 4.14. The van der Waals surface area contributed by atoms with E-state index in [4.69, 9.17) is 10.2 Å². The lowest BCUT2D eigenvalue weighted by Gasteiger charge is -2.08. The van der Waals surface area contributed by atoms with Gasteiger partial charge in [0, 0.05) is 19.2 Å². The van der Waals surface area contributed by atoms with Crippen LogP contribution < -0.4 is 5.73 Å². The average Bonchev–Trinajstić information content (AvgIpc) is 2.74. The van der Waals surface area contributed by atoms with E-state index in [0.717, 1.165) is 29.3 Å². The standard InChI is InChI=1S/C12H17N3O/c1-8-6-10(15(3)14-8)7-11(13)12-5-4-9(2)16-12/h4-6,11H,7,13H2,1-3H3. The third kappa shape index (κ3) is 2.17. The highest BCUT2D eigenvalue weighted by Crippen LogP contribution is 2.18. The molecule has 0 saturated heterocycles. The molecule has 0 aliphatic carbocycles. The topological polar surface area (TPSA) is 57.0 Å². The molecule has 2 aromatic heterocycles. The molecule has 1 atom stereocenters. The van der Waals surface area contributed by atoms with Crippen molar-refractivity contribution in [2.45, 2.75) is 26.3 Å². The first kappa shape index (κ1) is 11.0. The zero-order valence-corrected chi connectivity index (χ0v) is 9.90. The summed E-state index contributed by atoms with van der Waals surface area (Å²) in [7, 11) is 1.93. The van der Waals surface area contributed by atoms with E-state index >= 15 is 0 Å². The number of hydrogen-bond donors (Lipinski definition) is 1. The molecule has 16 heavy (non-hydrogen) atoms. The Kier molecular flexibility index (Phi) is 2.83. The summed E-state index contributed by atoms with van der Waals surface area (Å²) in [4.78, 5) is 0. The lowest BCUT2D eigenvalue weighted by Crippen LogP contribution is -2.14. The van der Waals surface area contributed by atoms with Gasteiger partial charge in [-0.25, -0.2) is 0 Å². The van der Waals surface area contributed by atoms with E-state index in [9.17, 15) is 0 Å². The van der Waals surface area contributed by atoms with Crippen LogP contribution in [0.3, 0.4) is 0 Å². The van der Waals surface area contributed by atoms with Crippen LogP contribution in [0.5, 0.6) is 0 Å². The Balaban J connectivity index is 2.13. The number of furan rings is 1. The normalized spacial score (nSPS) is 13.0. The smallest absolute Gasteiger partial charge is 0.121 e. The maximum atomic E-state index is 6.08. The average molecular weight is 219 g/mol. The summed E-state index contributed by atoms with van der Waals surface area (Å²) in [5.74, 6) is 1.72. The molecule has 2 rings (SSSR count). The van der Waals surface area contributed by atoms with Gasteiger partial charge >= 0.3 is 0 Å². The molecule has 4 heteroatoms. The van der Waals surface area contributed by atoms with Crippen LogP contribution in [0.4, 0.5) is 0 Å². The zero-order valence-electron chi connectivity index (χ0n) is 9.90. The van der Waals surface area contributed by atoms with E-state index in [1.807, 2.05) is 37.7 Å². The first-order valence-electron chi connectivity index (χ1n) is 5.37. The van der Waals surface area contributed by atoms with Crippen LogP contribution in [0.15, 0.2) is 22.6 Å². The van der Waals surface area contributed by atoms with Crippen LogP contribution in [0.25, 0.3) is 0 Å². The van der Waals surface area contributed by atoms with Crippen molar-refractivity contribution in [1.29, 1.82) is 0 Å². The maximum absolute atomic E-state index is 6.08. The molecule has 4 nitrogen and oxygen atoms in total. The van der Waals surface area contributed by atoms with Crippen molar-refractivity contribution in [2.75, 3.05) is 0 Å². The van der Waals surface area contributed by atoms with Gasteiger partial charge in [-0.05, 0) is 32.0 Å². The Morgan fingerprint density at radius 3 is 2.69 bits per heavy atom. The minimum atomic E-state index is -0.108. The summed E-state index contributed by atoms with van der Waals surface area (Å²) < 4.78 is 7.38. The van der Waals surface area contributed by atoms with Gasteiger partial charge in [-0.3, -0.25) is 4.68 Å². The van der Waals surface area contributed by atoms with E-state index < -0.39 is 0 Å². The Hall–Kier alpha value is -1.55. The van der Waals surface area contributed by atoms with Gasteiger partial charge in [-0.2, -0.15) is 5.10 Å². The van der Waals surface area contributed by atoms with E-state index in [0.29, 0.717) is 0 Å². The Morgan fingerprint density at radius 1 is 1.44 bits per heavy atom. The number of nitrogens with two attached hydrogens (primary N) is 1. The van der Waals surface area contributed by atoms with Gasteiger partial charge in [0.25, 0.3) is 0 Å². The molecule has 0 aliphatic heterocycles. The number of rotatable bonds is 3. The molecule has 0 aliphatic rings. The molecule has 1 unspecified atom stereocenters. The fourth-order valence-electron chi connectivity index (χ4n) is 1.83. The minimum Gasteiger partial charge on any atom is -0.465 e. The fourth-order valence-corrected chi connectivity index (χ4v) is 1.83. The third-order valence-corrected chi connectivity index (χ3v) is 2.65. The predicted molar refractivity (Wildman–Crippen MR) is 62.0 cm³/mol. The van der Waals surface area contributed by atoms with Gasteiger partial charge in [-0.15, -0.1) is 0 Å². The molecule has 2 N–H and O–H groups in total. The van der Waals surface area contributed by atoms with Crippen LogP contribution in [0.2, 0.25) is 0 Å². The van der Waals surface area contributed by atoms with Gasteiger partial charge in [-0.1, -0.05) is 0 Å². The van der Waals surface area contributed by atoms with Gasteiger partial charge in [0.2, 0.25) is 0 Å². The molecule has 0 bridgehead atoms. The summed E-state index contributed by atoms with van der Waals surface area (Å²) in [6.07, 6.45) is 0.740. The highest BCUT2D eigenvalue weighted by atomic mass is 16.3. The highest BCUT2D eigenvalue weighted by Gasteiger charge is 2.13. The molecule has 0 aromatic carbocycles. The van der Waals surface area contributed by atoms with Crippen molar-refractivity contribution in [3.8, 4) is 0 Å². The van der Waals surface area contributed by atoms with Crippen molar-refractivity contribution in [1.82, 2.24) is 9.78 Å². The monoisotopic (exact) mass is 219 g/mol. The van der Waals surface area contributed by atoms with Crippen molar-refractivity contribution in [3.63, 3.8) is 0 Å². The summed E-state index contributed by atoms with van der Waals surface area (Å²) >= 11 is 0. The number of nitrogens with zero attached hydrogens (tertiary/aromatic N) is 2. The molecule has 0 fully saturated rings. The molecule has 2 heterocycles. The van der Waals surface area contributed by atoms with Crippen molar-refractivity contribution >= 4 is 0 Å². The molecular formula is C12H17N3O. The molecule has 0 amide bonds. The van der Waals surface area contributed by atoms with Crippen molar-refractivity contribution in [3.05, 3.63) is 41.1 Å². The predicted octanol–water partition coefficient (Wildman–Crippen LogP) is 1.87. The van der Waals surface area contributed by atoms with Crippen LogP contribution >= 0.6 is 0 Å². The Bertz CT molecular complexity index is 484. The van der Waals surface area contributed by atoms with Gasteiger partial charge in [0.05, 0.1) is 11.7 Å². The Morgan fingerprint density at radius 2 is 2.19 bits per heavy atom. The Labute approximate surface area is 95.1 Å². The molecular weight excluding hydrogens is 202 g/mol. The quantitative estimate of drug-likeness (QED) is 0.857. The summed E-state index contributed by atoms with van der Waals surface area (Å²) in [5, 5.41) is 4.29. The van der Waals surface area contributed by atoms with Crippen molar-refractivity contribution in [2.24, 2.45) is 12.8 Å². The highest BCUT2D eigenvalue weighted by molar-refractivity contribution is 5.15. The number of aromatic nitrogens is 2. The maximum Gasteiger partial charge on any atom is 0.121 e. The SMILES string of the molecule is Cc1cc(CC(N)c2ccc(C)o2)n(C)n1. The van der Waals surface area contributed by atoms with Crippen molar-refractivity contribution < 1.29 is 4.42 Å². The lowest BCUT2D eigenvalue weighted by molar-refractivity contribution is 0.440. The minimum absolute atomic E-state index is 0.108. The summed E-state index contributed by atoms with van der Waals surface area (Å²) in [6, 6.07) is 5.81. The second-order valence-corrected chi connectivity index (χ2v) is 4.16. The van der Waals surface area contributed by atoms with Crippen LogP contribution in [0, 0.1) is 13.8 Å². The van der Waals surface area contributed by atoms with E-state index in [1.54, 1.807) is 0 Å². The number of hydrogen-bond acceptors (Lipinski definition) is 3. The third-order valence-electron chi connectivity index (χ3n) is 2.65. The molecule has 0 spiro atoms. The zero-order chi connectivity index (χ0) is 11.7.